The predicted molar refractivity (Wildman–Crippen MR) is 65.3 cm³/mol. The summed E-state index contributed by atoms with van der Waals surface area (Å²) in [6.07, 6.45) is -3.62. The Bertz CT molecular complexity index is 445. The van der Waals surface area contributed by atoms with Gasteiger partial charge in [0.25, 0.3) is 0 Å². The van der Waals surface area contributed by atoms with E-state index in [2.05, 4.69) is 0 Å². The zero-order chi connectivity index (χ0) is 14.0. The fourth-order valence-corrected chi connectivity index (χ4v) is 2.51. The number of nitrogens with zero attached hydrogens (tertiary/aromatic N) is 1. The molecule has 0 amide bonds. The third-order valence-corrected chi connectivity index (χ3v) is 3.52. The molecule has 1 atom stereocenters. The van der Waals surface area contributed by atoms with Crippen molar-refractivity contribution in [1.82, 2.24) is 0 Å². The van der Waals surface area contributed by atoms with Gasteiger partial charge in [-0.3, -0.25) is 0 Å². The van der Waals surface area contributed by atoms with E-state index < -0.39 is 17.9 Å². The molecule has 1 aromatic carbocycles. The molecule has 19 heavy (non-hydrogen) atoms. The molecule has 1 unspecified atom stereocenters. The van der Waals surface area contributed by atoms with E-state index in [0.29, 0.717) is 18.7 Å². The molecule has 0 saturated carbocycles. The van der Waals surface area contributed by atoms with Gasteiger partial charge < -0.3 is 10.6 Å². The minimum Gasteiger partial charge on any atom is -0.371 e. The number of alkyl halides is 3. The highest BCUT2D eigenvalue weighted by molar-refractivity contribution is 5.54. The second-order valence-electron chi connectivity index (χ2n) is 4.77. The van der Waals surface area contributed by atoms with E-state index in [1.807, 2.05) is 0 Å². The van der Waals surface area contributed by atoms with Gasteiger partial charge in [0.2, 0.25) is 0 Å². The standard InChI is InChI=1S/C13H16F4N2/c14-11-4-1-5-12(10(11)7-18)19-6-2-3-9(8-19)13(15,16)17/h1,4-5,9H,2-3,6-8,18H2. The minimum atomic E-state index is -4.20. The molecule has 1 fully saturated rings. The number of hydrogen-bond acceptors (Lipinski definition) is 2. The average molecular weight is 276 g/mol. The lowest BCUT2D eigenvalue weighted by atomic mass is 9.96. The number of piperidine rings is 1. The van der Waals surface area contributed by atoms with E-state index >= 15 is 0 Å². The van der Waals surface area contributed by atoms with Crippen molar-refractivity contribution in [3.63, 3.8) is 0 Å². The molecule has 1 heterocycles. The number of halogens is 4. The zero-order valence-corrected chi connectivity index (χ0v) is 10.4. The van der Waals surface area contributed by atoms with E-state index in [9.17, 15) is 17.6 Å². The van der Waals surface area contributed by atoms with E-state index in [0.717, 1.165) is 0 Å². The van der Waals surface area contributed by atoms with Gasteiger partial charge in [-0.1, -0.05) is 6.07 Å². The number of rotatable bonds is 2. The Morgan fingerprint density at radius 2 is 2.05 bits per heavy atom. The van der Waals surface area contributed by atoms with Gasteiger partial charge in [-0.15, -0.1) is 0 Å². The van der Waals surface area contributed by atoms with Crippen molar-refractivity contribution in [3.8, 4) is 0 Å². The Balaban J connectivity index is 2.25. The SMILES string of the molecule is NCc1c(F)cccc1N1CCCC(C(F)(F)F)C1. The largest absolute Gasteiger partial charge is 0.393 e. The van der Waals surface area contributed by atoms with Crippen LogP contribution >= 0.6 is 0 Å². The van der Waals surface area contributed by atoms with Crippen LogP contribution in [0.5, 0.6) is 0 Å². The van der Waals surface area contributed by atoms with Crippen LogP contribution < -0.4 is 10.6 Å². The summed E-state index contributed by atoms with van der Waals surface area (Å²) in [7, 11) is 0. The second-order valence-corrected chi connectivity index (χ2v) is 4.77. The third-order valence-electron chi connectivity index (χ3n) is 3.52. The first-order valence-corrected chi connectivity index (χ1v) is 6.22. The van der Waals surface area contributed by atoms with Crippen molar-refractivity contribution in [2.24, 2.45) is 11.7 Å². The lowest BCUT2D eigenvalue weighted by Crippen LogP contribution is -2.42. The van der Waals surface area contributed by atoms with Crippen LogP contribution in [0.1, 0.15) is 18.4 Å². The van der Waals surface area contributed by atoms with Crippen LogP contribution in [0.4, 0.5) is 23.2 Å². The highest BCUT2D eigenvalue weighted by atomic mass is 19.4. The quantitative estimate of drug-likeness (QED) is 0.841. The van der Waals surface area contributed by atoms with Gasteiger partial charge in [-0.25, -0.2) is 4.39 Å². The van der Waals surface area contributed by atoms with Crippen molar-refractivity contribution >= 4 is 5.69 Å². The molecule has 0 aliphatic carbocycles. The highest BCUT2D eigenvalue weighted by Crippen LogP contribution is 2.35. The Morgan fingerprint density at radius 3 is 2.68 bits per heavy atom. The maximum absolute atomic E-state index is 13.6. The van der Waals surface area contributed by atoms with Crippen molar-refractivity contribution in [3.05, 3.63) is 29.6 Å². The summed E-state index contributed by atoms with van der Waals surface area (Å²) >= 11 is 0. The first-order valence-electron chi connectivity index (χ1n) is 6.22. The van der Waals surface area contributed by atoms with Crippen molar-refractivity contribution < 1.29 is 17.6 Å². The molecule has 106 valence electrons. The molecule has 0 aromatic heterocycles. The van der Waals surface area contributed by atoms with Crippen LogP contribution in [0.25, 0.3) is 0 Å². The minimum absolute atomic E-state index is 0.0187. The number of anilines is 1. The summed E-state index contributed by atoms with van der Waals surface area (Å²) in [4.78, 5) is 1.59. The van der Waals surface area contributed by atoms with Gasteiger partial charge in [0.15, 0.2) is 0 Å². The summed E-state index contributed by atoms with van der Waals surface area (Å²) in [6, 6.07) is 4.40. The van der Waals surface area contributed by atoms with Crippen LogP contribution in [0.2, 0.25) is 0 Å². The van der Waals surface area contributed by atoms with Gasteiger partial charge >= 0.3 is 6.18 Å². The lowest BCUT2D eigenvalue weighted by molar-refractivity contribution is -0.176. The normalized spacial score (nSPS) is 20.7. The summed E-state index contributed by atoms with van der Waals surface area (Å²) in [6.45, 7) is 0.359. The van der Waals surface area contributed by atoms with E-state index in [1.54, 1.807) is 11.0 Å². The lowest BCUT2D eigenvalue weighted by Gasteiger charge is -2.36. The summed E-state index contributed by atoms with van der Waals surface area (Å²) in [5.74, 6) is -1.82. The Labute approximate surface area is 109 Å². The highest BCUT2D eigenvalue weighted by Gasteiger charge is 2.42. The first kappa shape index (κ1) is 14.1. The van der Waals surface area contributed by atoms with Crippen molar-refractivity contribution in [1.29, 1.82) is 0 Å². The predicted octanol–water partition coefficient (Wildman–Crippen LogP) is 3.06. The molecule has 0 bridgehead atoms. The van der Waals surface area contributed by atoms with Crippen LogP contribution in [0.3, 0.4) is 0 Å². The maximum Gasteiger partial charge on any atom is 0.393 e. The molecule has 1 aliphatic rings. The second kappa shape index (κ2) is 5.36. The molecule has 1 aliphatic heterocycles. The molecule has 0 radical (unpaired) electrons. The fourth-order valence-electron chi connectivity index (χ4n) is 2.51. The van der Waals surface area contributed by atoms with Crippen LogP contribution in [0.15, 0.2) is 18.2 Å². The van der Waals surface area contributed by atoms with E-state index in [4.69, 9.17) is 5.73 Å². The Kier molecular flexibility index (Phi) is 3.99. The Hall–Kier alpha value is -1.30. The fraction of sp³-hybridized carbons (Fsp3) is 0.538. The number of benzene rings is 1. The molecule has 1 saturated heterocycles. The van der Waals surface area contributed by atoms with Crippen molar-refractivity contribution in [2.45, 2.75) is 25.6 Å². The summed E-state index contributed by atoms with van der Waals surface area (Å²) < 4.78 is 51.9. The van der Waals surface area contributed by atoms with Gasteiger partial charge in [0, 0.05) is 30.9 Å². The van der Waals surface area contributed by atoms with Crippen LogP contribution in [-0.2, 0) is 6.54 Å². The molecule has 2 nitrogen and oxygen atoms in total. The molecule has 2 rings (SSSR count). The summed E-state index contributed by atoms with van der Waals surface area (Å²) in [5.41, 5.74) is 6.26. The molecule has 2 N–H and O–H groups in total. The number of hydrogen-bond donors (Lipinski definition) is 1. The zero-order valence-electron chi connectivity index (χ0n) is 10.4. The number of nitrogens with two attached hydrogens (primary N) is 1. The van der Waals surface area contributed by atoms with E-state index in [1.165, 1.54) is 12.1 Å². The molecular weight excluding hydrogens is 260 g/mol. The molecule has 0 spiro atoms. The maximum atomic E-state index is 13.6. The Morgan fingerprint density at radius 1 is 1.32 bits per heavy atom. The van der Waals surface area contributed by atoms with Gasteiger partial charge in [-0.2, -0.15) is 13.2 Å². The van der Waals surface area contributed by atoms with E-state index in [-0.39, 0.29) is 25.1 Å². The van der Waals surface area contributed by atoms with Gasteiger partial charge in [0.05, 0.1) is 5.92 Å². The molecule has 1 aromatic rings. The van der Waals surface area contributed by atoms with Gasteiger partial charge in [0.1, 0.15) is 5.82 Å². The van der Waals surface area contributed by atoms with Crippen molar-refractivity contribution in [2.75, 3.05) is 18.0 Å². The summed E-state index contributed by atoms with van der Waals surface area (Å²) in [5, 5.41) is 0. The first-order chi connectivity index (χ1) is 8.93. The topological polar surface area (TPSA) is 29.3 Å². The average Bonchev–Trinajstić information content (AvgIpc) is 2.37. The van der Waals surface area contributed by atoms with Gasteiger partial charge in [-0.05, 0) is 25.0 Å². The monoisotopic (exact) mass is 276 g/mol. The molecule has 6 heteroatoms. The molecular formula is C13H16F4N2. The smallest absolute Gasteiger partial charge is 0.371 e. The van der Waals surface area contributed by atoms with Crippen LogP contribution in [-0.4, -0.2) is 19.3 Å². The van der Waals surface area contributed by atoms with Crippen LogP contribution in [0, 0.1) is 11.7 Å². The third kappa shape index (κ3) is 3.00.